The van der Waals surface area contributed by atoms with Crippen LogP contribution < -0.4 is 10.5 Å². The van der Waals surface area contributed by atoms with Gasteiger partial charge in [-0.25, -0.2) is 0 Å². The molecule has 17 heavy (non-hydrogen) atoms. The van der Waals surface area contributed by atoms with Gasteiger partial charge in [-0.05, 0) is 17.7 Å². The van der Waals surface area contributed by atoms with E-state index in [1.165, 1.54) is 31.4 Å². The number of hydrogen-bond donors (Lipinski definition) is 2. The molecule has 0 heterocycles. The van der Waals surface area contributed by atoms with Gasteiger partial charge in [-0.1, -0.05) is 12.1 Å². The van der Waals surface area contributed by atoms with Crippen molar-refractivity contribution in [2.24, 2.45) is 5.73 Å². The number of ether oxygens (including phenoxy) is 1. The largest absolute Gasteiger partial charge is 0.497 e. The second-order valence-electron chi connectivity index (χ2n) is 3.60. The van der Waals surface area contributed by atoms with Crippen LogP contribution in [-0.4, -0.2) is 31.0 Å². The molecule has 2 unspecified atom stereocenters. The molecule has 0 aliphatic rings. The average molecular weight is 249 g/mol. The highest BCUT2D eigenvalue weighted by Gasteiger charge is 2.43. The fourth-order valence-electron chi connectivity index (χ4n) is 1.53. The van der Waals surface area contributed by atoms with Crippen LogP contribution in [0, 0.1) is 0 Å². The number of rotatable bonds is 4. The quantitative estimate of drug-likeness (QED) is 0.853. The van der Waals surface area contributed by atoms with Crippen LogP contribution in [-0.2, 0) is 0 Å². The van der Waals surface area contributed by atoms with Gasteiger partial charge in [0.25, 0.3) is 0 Å². The van der Waals surface area contributed by atoms with Crippen LogP contribution in [0.15, 0.2) is 24.3 Å². The summed E-state index contributed by atoms with van der Waals surface area (Å²) < 4.78 is 42.1. The highest BCUT2D eigenvalue weighted by Crippen LogP contribution is 2.31. The fraction of sp³-hybridized carbons (Fsp3) is 0.455. The van der Waals surface area contributed by atoms with E-state index in [1.54, 1.807) is 0 Å². The van der Waals surface area contributed by atoms with Crippen molar-refractivity contribution >= 4 is 0 Å². The topological polar surface area (TPSA) is 55.5 Å². The van der Waals surface area contributed by atoms with Gasteiger partial charge in [0.05, 0.1) is 7.11 Å². The Morgan fingerprint density at radius 2 is 1.82 bits per heavy atom. The van der Waals surface area contributed by atoms with Crippen molar-refractivity contribution in [3.05, 3.63) is 29.8 Å². The Morgan fingerprint density at radius 1 is 1.29 bits per heavy atom. The van der Waals surface area contributed by atoms with Crippen molar-refractivity contribution in [1.82, 2.24) is 0 Å². The summed E-state index contributed by atoms with van der Waals surface area (Å²) in [6.07, 6.45) is -7.13. The number of halogens is 3. The molecule has 0 fully saturated rings. The number of methoxy groups -OCH3 is 1. The minimum Gasteiger partial charge on any atom is -0.497 e. The van der Waals surface area contributed by atoms with E-state index in [9.17, 15) is 18.3 Å². The number of aliphatic hydroxyl groups excluding tert-OH is 1. The summed E-state index contributed by atoms with van der Waals surface area (Å²) in [6.45, 7) is -0.285. The Balaban J connectivity index is 2.93. The Morgan fingerprint density at radius 3 is 2.18 bits per heavy atom. The summed E-state index contributed by atoms with van der Waals surface area (Å²) in [5.74, 6) is -0.632. The lowest BCUT2D eigenvalue weighted by Gasteiger charge is -2.24. The average Bonchev–Trinajstić information content (AvgIpc) is 2.29. The zero-order valence-electron chi connectivity index (χ0n) is 9.24. The summed E-state index contributed by atoms with van der Waals surface area (Å²) in [5, 5.41) is 9.19. The smallest absolute Gasteiger partial charge is 0.414 e. The van der Waals surface area contributed by atoms with Crippen molar-refractivity contribution in [2.45, 2.75) is 18.2 Å². The van der Waals surface area contributed by atoms with Gasteiger partial charge < -0.3 is 15.6 Å². The lowest BCUT2D eigenvalue weighted by Crippen LogP contribution is -2.38. The number of aliphatic hydroxyl groups is 1. The third-order valence-electron chi connectivity index (χ3n) is 2.51. The van der Waals surface area contributed by atoms with Crippen LogP contribution in [0.3, 0.4) is 0 Å². The normalized spacial score (nSPS) is 15.4. The monoisotopic (exact) mass is 249 g/mol. The molecule has 0 aromatic heterocycles. The summed E-state index contributed by atoms with van der Waals surface area (Å²) in [4.78, 5) is 0. The number of nitrogens with two attached hydrogens (primary N) is 1. The molecule has 3 nitrogen and oxygen atoms in total. The SMILES string of the molecule is COc1ccc(C(CN)C(O)C(F)(F)F)cc1. The van der Waals surface area contributed by atoms with E-state index < -0.39 is 18.2 Å². The zero-order valence-corrected chi connectivity index (χ0v) is 9.24. The van der Waals surface area contributed by atoms with E-state index in [1.807, 2.05) is 0 Å². The van der Waals surface area contributed by atoms with Gasteiger partial charge in [0.15, 0.2) is 6.10 Å². The van der Waals surface area contributed by atoms with Crippen molar-refractivity contribution in [1.29, 1.82) is 0 Å². The first kappa shape index (κ1) is 13.8. The molecular weight excluding hydrogens is 235 g/mol. The molecule has 0 spiro atoms. The molecule has 6 heteroatoms. The highest BCUT2D eigenvalue weighted by molar-refractivity contribution is 5.30. The lowest BCUT2D eigenvalue weighted by atomic mass is 9.93. The third kappa shape index (κ3) is 3.34. The van der Waals surface area contributed by atoms with Crippen LogP contribution in [0.5, 0.6) is 5.75 Å². The van der Waals surface area contributed by atoms with Crippen LogP contribution >= 0.6 is 0 Å². The molecule has 1 rings (SSSR count). The molecule has 3 N–H and O–H groups in total. The maximum absolute atomic E-state index is 12.4. The van der Waals surface area contributed by atoms with Gasteiger partial charge >= 0.3 is 6.18 Å². The standard InChI is InChI=1S/C11H14F3NO2/c1-17-8-4-2-7(3-5-8)9(6-15)10(16)11(12,13)14/h2-5,9-10,16H,6,15H2,1H3. The minimum absolute atomic E-state index is 0.285. The highest BCUT2D eigenvalue weighted by atomic mass is 19.4. The minimum atomic E-state index is -4.68. The number of benzene rings is 1. The lowest BCUT2D eigenvalue weighted by molar-refractivity contribution is -0.209. The van der Waals surface area contributed by atoms with Crippen molar-refractivity contribution in [3.8, 4) is 5.75 Å². The molecule has 0 bridgehead atoms. The van der Waals surface area contributed by atoms with Gasteiger partial charge in [-0.15, -0.1) is 0 Å². The van der Waals surface area contributed by atoms with Crippen LogP contribution in [0.2, 0.25) is 0 Å². The molecule has 0 aliphatic heterocycles. The second kappa shape index (κ2) is 5.37. The van der Waals surface area contributed by atoms with Crippen LogP contribution in [0.1, 0.15) is 11.5 Å². The Bertz CT molecular complexity index is 351. The van der Waals surface area contributed by atoms with Crippen LogP contribution in [0.25, 0.3) is 0 Å². The summed E-state index contributed by atoms with van der Waals surface area (Å²) in [7, 11) is 1.46. The van der Waals surface area contributed by atoms with Gasteiger partial charge in [0.2, 0.25) is 0 Å². The van der Waals surface area contributed by atoms with E-state index in [2.05, 4.69) is 0 Å². The van der Waals surface area contributed by atoms with Crippen molar-refractivity contribution < 1.29 is 23.0 Å². The van der Waals surface area contributed by atoms with E-state index in [0.717, 1.165) is 0 Å². The van der Waals surface area contributed by atoms with Crippen molar-refractivity contribution in [3.63, 3.8) is 0 Å². The van der Waals surface area contributed by atoms with Gasteiger partial charge in [0, 0.05) is 12.5 Å². The first-order valence-corrected chi connectivity index (χ1v) is 4.99. The molecule has 0 amide bonds. The Labute approximate surface area is 97.0 Å². The van der Waals surface area contributed by atoms with Gasteiger partial charge in [-0.2, -0.15) is 13.2 Å². The van der Waals surface area contributed by atoms with Crippen molar-refractivity contribution in [2.75, 3.05) is 13.7 Å². The molecule has 0 aliphatic carbocycles. The van der Waals surface area contributed by atoms with Crippen LogP contribution in [0.4, 0.5) is 13.2 Å². The van der Waals surface area contributed by atoms with E-state index in [0.29, 0.717) is 11.3 Å². The molecule has 1 aromatic carbocycles. The maximum Gasteiger partial charge on any atom is 0.414 e. The Kier molecular flexibility index (Phi) is 4.36. The van der Waals surface area contributed by atoms with Gasteiger partial charge in [-0.3, -0.25) is 0 Å². The summed E-state index contributed by atoms with van der Waals surface area (Å²) in [6, 6.07) is 5.98. The first-order chi connectivity index (χ1) is 7.90. The van der Waals surface area contributed by atoms with E-state index >= 15 is 0 Å². The predicted octanol–water partition coefficient (Wildman–Crippen LogP) is 1.66. The number of hydrogen-bond acceptors (Lipinski definition) is 3. The molecule has 96 valence electrons. The molecule has 1 aromatic rings. The predicted molar refractivity (Wildman–Crippen MR) is 56.9 cm³/mol. The summed E-state index contributed by atoms with van der Waals surface area (Å²) >= 11 is 0. The first-order valence-electron chi connectivity index (χ1n) is 4.99. The zero-order chi connectivity index (χ0) is 13.1. The molecule has 0 saturated heterocycles. The second-order valence-corrected chi connectivity index (χ2v) is 3.60. The molecule has 0 saturated carbocycles. The number of alkyl halides is 3. The molecule has 2 atom stereocenters. The maximum atomic E-state index is 12.4. The third-order valence-corrected chi connectivity index (χ3v) is 2.51. The molecule has 0 radical (unpaired) electrons. The summed E-state index contributed by atoms with van der Waals surface area (Å²) in [5.41, 5.74) is 5.61. The van der Waals surface area contributed by atoms with Gasteiger partial charge in [0.1, 0.15) is 5.75 Å². The molecular formula is C11H14F3NO2. The Hall–Kier alpha value is -1.27. The van der Waals surface area contributed by atoms with E-state index in [-0.39, 0.29) is 6.54 Å². The fourth-order valence-corrected chi connectivity index (χ4v) is 1.53. The van der Waals surface area contributed by atoms with E-state index in [4.69, 9.17) is 10.5 Å².